The molecule has 11 heavy (non-hydrogen) atoms. The molecule has 0 bridgehead atoms. The number of aliphatic imine (C=N–C) groups is 1. The van der Waals surface area contributed by atoms with Gasteiger partial charge in [-0.3, -0.25) is 4.99 Å². The molecule has 0 spiro atoms. The third-order valence-electron chi connectivity index (χ3n) is 1.90. The summed E-state index contributed by atoms with van der Waals surface area (Å²) in [5.74, 6) is 0.979. The predicted octanol–water partition coefficient (Wildman–Crippen LogP) is 2.39. The highest BCUT2D eigenvalue weighted by Gasteiger charge is 2.02. The Morgan fingerprint density at radius 3 is 2.91 bits per heavy atom. The predicted molar refractivity (Wildman–Crippen MR) is 47.0 cm³/mol. The summed E-state index contributed by atoms with van der Waals surface area (Å²) in [6.45, 7) is 3.75. The molecule has 1 rings (SSSR count). The smallest absolute Gasteiger partial charge is 0.183 e. The molecule has 0 aromatic carbocycles. The molecular weight excluding hydrogens is 138 g/mol. The third kappa shape index (κ3) is 3.40. The first-order valence-corrected chi connectivity index (χ1v) is 4.59. The minimum Gasteiger partial charge on any atom is -0.481 e. The number of ether oxygens (including phenoxy) is 1. The van der Waals surface area contributed by atoms with Crippen LogP contribution in [0, 0.1) is 0 Å². The molecule has 0 unspecified atom stereocenters. The van der Waals surface area contributed by atoms with Crippen molar-refractivity contribution in [1.82, 2.24) is 0 Å². The van der Waals surface area contributed by atoms with Gasteiger partial charge < -0.3 is 4.74 Å². The highest BCUT2D eigenvalue weighted by Crippen LogP contribution is 2.08. The molecule has 0 N–H and O–H groups in total. The Hall–Kier alpha value is -0.530. The van der Waals surface area contributed by atoms with Gasteiger partial charge in [0.05, 0.1) is 6.61 Å². The molecule has 0 aromatic rings. The largest absolute Gasteiger partial charge is 0.481 e. The van der Waals surface area contributed by atoms with E-state index < -0.39 is 0 Å². The summed E-state index contributed by atoms with van der Waals surface area (Å²) in [7, 11) is 0. The van der Waals surface area contributed by atoms with Gasteiger partial charge in [0.1, 0.15) is 0 Å². The Bertz CT molecular complexity index is 132. The van der Waals surface area contributed by atoms with Gasteiger partial charge in [-0.15, -0.1) is 0 Å². The zero-order valence-electron chi connectivity index (χ0n) is 7.31. The maximum Gasteiger partial charge on any atom is 0.183 e. The van der Waals surface area contributed by atoms with Crippen LogP contribution in [0.3, 0.4) is 0 Å². The van der Waals surface area contributed by atoms with Crippen molar-refractivity contribution in [3.05, 3.63) is 0 Å². The standard InChI is InChI=1S/C9H17NO/c1-2-11-9-7-5-3-4-6-8-10-9/h2-8H2,1H3/b10-9+. The maximum atomic E-state index is 5.37. The zero-order chi connectivity index (χ0) is 7.94. The van der Waals surface area contributed by atoms with Crippen LogP contribution in [0.2, 0.25) is 0 Å². The Morgan fingerprint density at radius 2 is 2.09 bits per heavy atom. The number of rotatable bonds is 1. The lowest BCUT2D eigenvalue weighted by molar-refractivity contribution is 0.312. The molecule has 2 heteroatoms. The topological polar surface area (TPSA) is 21.6 Å². The van der Waals surface area contributed by atoms with Gasteiger partial charge in [0.15, 0.2) is 5.90 Å². The molecule has 0 radical (unpaired) electrons. The van der Waals surface area contributed by atoms with E-state index in [1.807, 2.05) is 6.92 Å². The lowest BCUT2D eigenvalue weighted by atomic mass is 10.1. The van der Waals surface area contributed by atoms with E-state index in [4.69, 9.17) is 4.74 Å². The van der Waals surface area contributed by atoms with E-state index >= 15 is 0 Å². The molecule has 1 aliphatic heterocycles. The van der Waals surface area contributed by atoms with Crippen LogP contribution in [0.4, 0.5) is 0 Å². The second-order valence-corrected chi connectivity index (χ2v) is 2.87. The van der Waals surface area contributed by atoms with Gasteiger partial charge in [0.25, 0.3) is 0 Å². The van der Waals surface area contributed by atoms with Gasteiger partial charge >= 0.3 is 0 Å². The van der Waals surface area contributed by atoms with Crippen molar-refractivity contribution in [3.8, 4) is 0 Å². The summed E-state index contributed by atoms with van der Waals surface area (Å²) < 4.78 is 5.37. The molecule has 1 aliphatic rings. The Kier molecular flexibility index (Phi) is 4.02. The van der Waals surface area contributed by atoms with Gasteiger partial charge in [0.2, 0.25) is 0 Å². The van der Waals surface area contributed by atoms with Crippen LogP contribution in [-0.2, 0) is 4.74 Å². The van der Waals surface area contributed by atoms with E-state index in [9.17, 15) is 0 Å². The maximum absolute atomic E-state index is 5.37. The summed E-state index contributed by atoms with van der Waals surface area (Å²) in [6, 6.07) is 0. The van der Waals surface area contributed by atoms with Crippen LogP contribution in [0.15, 0.2) is 4.99 Å². The average Bonchev–Trinajstić information content (AvgIpc) is 1.94. The van der Waals surface area contributed by atoms with Crippen molar-refractivity contribution < 1.29 is 4.74 Å². The van der Waals surface area contributed by atoms with Gasteiger partial charge in [0, 0.05) is 13.0 Å². The highest BCUT2D eigenvalue weighted by atomic mass is 16.5. The Morgan fingerprint density at radius 1 is 1.27 bits per heavy atom. The summed E-state index contributed by atoms with van der Waals surface area (Å²) in [4.78, 5) is 4.37. The van der Waals surface area contributed by atoms with Crippen LogP contribution in [0.1, 0.15) is 39.0 Å². The molecule has 0 fully saturated rings. The lowest BCUT2D eigenvalue weighted by Crippen LogP contribution is -2.07. The first-order valence-electron chi connectivity index (χ1n) is 4.59. The van der Waals surface area contributed by atoms with E-state index in [0.29, 0.717) is 0 Å². The van der Waals surface area contributed by atoms with Crippen molar-refractivity contribution >= 4 is 5.90 Å². The minimum absolute atomic E-state index is 0.763. The second kappa shape index (κ2) is 5.16. The van der Waals surface area contributed by atoms with Crippen LogP contribution >= 0.6 is 0 Å². The minimum atomic E-state index is 0.763. The molecule has 0 aliphatic carbocycles. The van der Waals surface area contributed by atoms with Crippen molar-refractivity contribution in [2.45, 2.75) is 39.0 Å². The van der Waals surface area contributed by atoms with Gasteiger partial charge in [-0.05, 0) is 19.8 Å². The summed E-state index contributed by atoms with van der Waals surface area (Å²) >= 11 is 0. The molecule has 0 saturated heterocycles. The van der Waals surface area contributed by atoms with Crippen molar-refractivity contribution in [3.63, 3.8) is 0 Å². The monoisotopic (exact) mass is 155 g/mol. The summed E-state index contributed by atoms with van der Waals surface area (Å²) in [5.41, 5.74) is 0. The highest BCUT2D eigenvalue weighted by molar-refractivity contribution is 5.76. The SMILES string of the molecule is CCO/C1=N/CCCCCC1. The Balaban J connectivity index is 2.32. The fourth-order valence-electron chi connectivity index (χ4n) is 1.31. The molecule has 2 nitrogen and oxygen atoms in total. The van der Waals surface area contributed by atoms with Crippen molar-refractivity contribution in [1.29, 1.82) is 0 Å². The number of hydrogen-bond acceptors (Lipinski definition) is 2. The average molecular weight is 155 g/mol. The zero-order valence-corrected chi connectivity index (χ0v) is 7.31. The second-order valence-electron chi connectivity index (χ2n) is 2.87. The van der Waals surface area contributed by atoms with Crippen molar-refractivity contribution in [2.75, 3.05) is 13.2 Å². The Labute approximate surface area is 68.7 Å². The first-order chi connectivity index (χ1) is 5.43. The van der Waals surface area contributed by atoms with Crippen molar-refractivity contribution in [2.24, 2.45) is 4.99 Å². The van der Waals surface area contributed by atoms with E-state index in [1.54, 1.807) is 0 Å². The molecule has 1 heterocycles. The van der Waals surface area contributed by atoms with E-state index in [-0.39, 0.29) is 0 Å². The molecule has 0 saturated carbocycles. The van der Waals surface area contributed by atoms with Crippen LogP contribution in [0.5, 0.6) is 0 Å². The molecule has 0 atom stereocenters. The van der Waals surface area contributed by atoms with E-state index in [1.165, 1.54) is 25.7 Å². The van der Waals surface area contributed by atoms with Crippen LogP contribution < -0.4 is 0 Å². The van der Waals surface area contributed by atoms with Gasteiger partial charge in [-0.25, -0.2) is 0 Å². The summed E-state index contributed by atoms with van der Waals surface area (Å²) in [5, 5.41) is 0. The van der Waals surface area contributed by atoms with Gasteiger partial charge in [-0.2, -0.15) is 0 Å². The normalized spacial score (nSPS) is 24.6. The van der Waals surface area contributed by atoms with Gasteiger partial charge in [-0.1, -0.05) is 12.8 Å². The quantitative estimate of drug-likeness (QED) is 0.569. The first kappa shape index (κ1) is 8.57. The molecular formula is C9H17NO. The van der Waals surface area contributed by atoms with E-state index in [0.717, 1.165) is 25.5 Å². The third-order valence-corrected chi connectivity index (χ3v) is 1.90. The van der Waals surface area contributed by atoms with Crippen LogP contribution in [-0.4, -0.2) is 19.0 Å². The molecule has 0 amide bonds. The fourth-order valence-corrected chi connectivity index (χ4v) is 1.31. The molecule has 64 valence electrons. The molecule has 0 aromatic heterocycles. The summed E-state index contributed by atoms with van der Waals surface area (Å²) in [6.07, 6.45) is 6.21. The van der Waals surface area contributed by atoms with Crippen LogP contribution in [0.25, 0.3) is 0 Å². The van der Waals surface area contributed by atoms with E-state index in [2.05, 4.69) is 4.99 Å². The number of hydrogen-bond donors (Lipinski definition) is 0. The number of nitrogens with zero attached hydrogens (tertiary/aromatic N) is 1. The fraction of sp³-hybridized carbons (Fsp3) is 0.889. The lowest BCUT2D eigenvalue weighted by Gasteiger charge is -2.10.